The Morgan fingerprint density at radius 1 is 1.25 bits per heavy atom. The summed E-state index contributed by atoms with van der Waals surface area (Å²) in [6, 6.07) is 8.32. The molecule has 0 saturated heterocycles. The van der Waals surface area contributed by atoms with Gasteiger partial charge in [0, 0.05) is 0 Å². The van der Waals surface area contributed by atoms with Crippen LogP contribution in [0.2, 0.25) is 0 Å². The molecule has 1 aromatic heterocycles. The highest BCUT2D eigenvalue weighted by molar-refractivity contribution is 7.19. The van der Waals surface area contributed by atoms with Gasteiger partial charge in [-0.3, -0.25) is 20.2 Å². The van der Waals surface area contributed by atoms with Gasteiger partial charge in [0.2, 0.25) is 0 Å². The molecule has 0 aliphatic rings. The Morgan fingerprint density at radius 3 is 2.46 bits per heavy atom. The van der Waals surface area contributed by atoms with E-state index in [4.69, 9.17) is 4.74 Å². The van der Waals surface area contributed by atoms with E-state index in [9.17, 15) is 25.0 Å². The lowest BCUT2D eigenvalue weighted by Gasteiger charge is -2.17. The molecular weight excluding hydrogens is 338 g/mol. The number of hydrogen-bond acceptors (Lipinski definition) is 8. The number of anilines is 1. The maximum Gasteiger partial charge on any atom is 0.333 e. The summed E-state index contributed by atoms with van der Waals surface area (Å²) in [5, 5.41) is 24.2. The molecule has 0 bridgehead atoms. The van der Waals surface area contributed by atoms with Crippen LogP contribution in [-0.4, -0.2) is 22.4 Å². The molecule has 0 saturated carbocycles. The van der Waals surface area contributed by atoms with Gasteiger partial charge >= 0.3 is 16.7 Å². The van der Waals surface area contributed by atoms with Crippen LogP contribution in [0.25, 0.3) is 0 Å². The van der Waals surface area contributed by atoms with Crippen LogP contribution >= 0.6 is 11.3 Å². The molecule has 0 aliphatic carbocycles. The molecule has 0 aliphatic heterocycles. The quantitative estimate of drug-likeness (QED) is 0.461. The lowest BCUT2D eigenvalue weighted by molar-refractivity contribution is -0.389. The molecule has 1 unspecified atom stereocenters. The second kappa shape index (κ2) is 7.51. The Kier molecular flexibility index (Phi) is 5.42. The topological polar surface area (TPSA) is 125 Å². The molecule has 24 heavy (non-hydrogen) atoms. The largest absolute Gasteiger partial charge is 0.464 e. The second-order valence-corrected chi connectivity index (χ2v) is 5.58. The van der Waals surface area contributed by atoms with E-state index in [1.165, 1.54) is 0 Å². The lowest BCUT2D eigenvalue weighted by Crippen LogP contribution is -2.23. The Hall–Kier alpha value is -3.01. The van der Waals surface area contributed by atoms with E-state index in [-0.39, 0.29) is 16.6 Å². The summed E-state index contributed by atoms with van der Waals surface area (Å²) in [4.78, 5) is 32.7. The summed E-state index contributed by atoms with van der Waals surface area (Å²) in [5.41, 5.74) is 0.0678. The van der Waals surface area contributed by atoms with Gasteiger partial charge in [-0.2, -0.15) is 0 Å². The Balaban J connectivity index is 2.41. The maximum absolute atomic E-state index is 12.2. The van der Waals surface area contributed by atoms with E-state index in [2.05, 4.69) is 5.32 Å². The van der Waals surface area contributed by atoms with Crippen LogP contribution in [0.3, 0.4) is 0 Å². The monoisotopic (exact) mass is 351 g/mol. The van der Waals surface area contributed by atoms with Gasteiger partial charge in [0.05, 0.1) is 16.5 Å². The van der Waals surface area contributed by atoms with Crippen LogP contribution in [0.1, 0.15) is 18.5 Å². The van der Waals surface area contributed by atoms with Crippen molar-refractivity contribution in [3.63, 3.8) is 0 Å². The molecule has 1 aromatic carbocycles. The number of carbonyl (C=O) groups excluding carboxylic acids is 1. The van der Waals surface area contributed by atoms with Crippen LogP contribution in [0, 0.1) is 20.2 Å². The highest BCUT2D eigenvalue weighted by atomic mass is 32.1. The number of carbonyl (C=O) groups is 1. The number of nitro groups is 2. The van der Waals surface area contributed by atoms with Crippen molar-refractivity contribution >= 4 is 33.0 Å². The smallest absolute Gasteiger partial charge is 0.333 e. The minimum absolute atomic E-state index is 0.0754. The summed E-state index contributed by atoms with van der Waals surface area (Å²) < 4.78 is 4.98. The number of nitrogens with one attached hydrogen (secondary N) is 1. The normalized spacial score (nSPS) is 11.5. The summed E-state index contributed by atoms with van der Waals surface area (Å²) in [7, 11) is 0. The van der Waals surface area contributed by atoms with Crippen molar-refractivity contribution in [2.45, 2.75) is 13.0 Å². The van der Waals surface area contributed by atoms with E-state index < -0.39 is 27.5 Å². The molecular formula is C14H13N3O6S. The summed E-state index contributed by atoms with van der Waals surface area (Å²) in [5.74, 6) is -0.631. The molecule has 1 heterocycles. The first-order valence-corrected chi connectivity index (χ1v) is 7.66. The van der Waals surface area contributed by atoms with Crippen molar-refractivity contribution in [1.29, 1.82) is 0 Å². The van der Waals surface area contributed by atoms with Crippen molar-refractivity contribution in [3.8, 4) is 0 Å². The molecule has 10 heteroatoms. The van der Waals surface area contributed by atoms with Crippen molar-refractivity contribution in [2.75, 3.05) is 11.9 Å². The highest BCUT2D eigenvalue weighted by Crippen LogP contribution is 2.40. The van der Waals surface area contributed by atoms with E-state index in [0.717, 1.165) is 6.07 Å². The fourth-order valence-electron chi connectivity index (χ4n) is 1.98. The van der Waals surface area contributed by atoms with Crippen molar-refractivity contribution in [2.24, 2.45) is 0 Å². The minimum atomic E-state index is -1.01. The van der Waals surface area contributed by atoms with Crippen LogP contribution in [-0.2, 0) is 9.53 Å². The summed E-state index contributed by atoms with van der Waals surface area (Å²) in [6.45, 7) is 1.77. The fraction of sp³-hybridized carbons (Fsp3) is 0.214. The first-order chi connectivity index (χ1) is 11.4. The van der Waals surface area contributed by atoms with E-state index in [1.807, 2.05) is 0 Å². The van der Waals surface area contributed by atoms with Crippen LogP contribution in [0.4, 0.5) is 15.7 Å². The van der Waals surface area contributed by atoms with E-state index in [0.29, 0.717) is 16.9 Å². The molecule has 9 nitrogen and oxygen atoms in total. The van der Waals surface area contributed by atoms with E-state index in [1.54, 1.807) is 37.3 Å². The molecule has 0 radical (unpaired) electrons. The number of esters is 1. The van der Waals surface area contributed by atoms with Gasteiger partial charge in [-0.15, -0.1) is 0 Å². The maximum atomic E-state index is 12.2. The summed E-state index contributed by atoms with van der Waals surface area (Å²) in [6.07, 6.45) is 0. The Morgan fingerprint density at radius 2 is 1.92 bits per heavy atom. The molecule has 1 atom stereocenters. The molecule has 0 spiro atoms. The second-order valence-electron chi connectivity index (χ2n) is 4.55. The number of nitrogens with zero attached hydrogens (tertiary/aromatic N) is 2. The van der Waals surface area contributed by atoms with Gasteiger partial charge in [0.1, 0.15) is 6.07 Å². The molecule has 0 fully saturated rings. The molecule has 126 valence electrons. The minimum Gasteiger partial charge on any atom is -0.464 e. The number of thiophene rings is 1. The predicted octanol–water partition coefficient (Wildman–Crippen LogP) is 3.28. The SMILES string of the molecule is CCOC(=O)C(Nc1sc([N+](=O)[O-])cc1[N+](=O)[O-])c1ccccc1. The Bertz CT molecular complexity index is 761. The molecule has 1 N–H and O–H groups in total. The van der Waals surface area contributed by atoms with Gasteiger partial charge in [0.25, 0.3) is 0 Å². The molecule has 0 amide bonds. The summed E-state index contributed by atoms with van der Waals surface area (Å²) >= 11 is 0.595. The average molecular weight is 351 g/mol. The van der Waals surface area contributed by atoms with Gasteiger partial charge in [-0.1, -0.05) is 30.3 Å². The van der Waals surface area contributed by atoms with Crippen molar-refractivity contribution in [1.82, 2.24) is 0 Å². The van der Waals surface area contributed by atoms with E-state index >= 15 is 0 Å². The average Bonchev–Trinajstić information content (AvgIpc) is 2.98. The molecule has 2 rings (SSSR count). The zero-order valence-corrected chi connectivity index (χ0v) is 13.3. The predicted molar refractivity (Wildman–Crippen MR) is 87.1 cm³/mol. The van der Waals surface area contributed by atoms with Gasteiger partial charge in [-0.25, -0.2) is 4.79 Å². The van der Waals surface area contributed by atoms with Crippen molar-refractivity contribution in [3.05, 3.63) is 62.2 Å². The number of hydrogen-bond donors (Lipinski definition) is 1. The lowest BCUT2D eigenvalue weighted by atomic mass is 10.1. The zero-order chi connectivity index (χ0) is 17.7. The van der Waals surface area contributed by atoms with Gasteiger partial charge < -0.3 is 10.1 Å². The zero-order valence-electron chi connectivity index (χ0n) is 12.5. The third-order valence-electron chi connectivity index (χ3n) is 3.01. The van der Waals surface area contributed by atoms with Crippen molar-refractivity contribution < 1.29 is 19.4 Å². The van der Waals surface area contributed by atoms with Gasteiger partial charge in [-0.05, 0) is 23.8 Å². The molecule has 2 aromatic rings. The third-order valence-corrected chi connectivity index (χ3v) is 4.01. The first kappa shape index (κ1) is 17.3. The highest BCUT2D eigenvalue weighted by Gasteiger charge is 2.30. The number of ether oxygens (including phenoxy) is 1. The van der Waals surface area contributed by atoms with Crippen LogP contribution in [0.5, 0.6) is 0 Å². The fourth-order valence-corrected chi connectivity index (χ4v) is 2.85. The third kappa shape index (κ3) is 3.84. The van der Waals surface area contributed by atoms with Gasteiger partial charge in [0.15, 0.2) is 11.0 Å². The van der Waals surface area contributed by atoms with Crippen LogP contribution < -0.4 is 5.32 Å². The number of rotatable bonds is 7. The van der Waals surface area contributed by atoms with Crippen LogP contribution in [0.15, 0.2) is 36.4 Å². The number of benzene rings is 1. The first-order valence-electron chi connectivity index (χ1n) is 6.84. The standard InChI is InChI=1S/C14H13N3O6S/c1-2-23-14(18)12(9-6-4-3-5-7-9)15-13-10(16(19)20)8-11(24-13)17(21)22/h3-8,12,15H,2H2,1H3. The Labute approximate surface area is 140 Å².